The van der Waals surface area contributed by atoms with Crippen LogP contribution in [0.5, 0.6) is 5.75 Å². The molecule has 2 aromatic carbocycles. The van der Waals surface area contributed by atoms with Crippen molar-refractivity contribution in [1.82, 2.24) is 9.80 Å². The van der Waals surface area contributed by atoms with E-state index in [-0.39, 0.29) is 30.9 Å². The Morgan fingerprint density at radius 2 is 1.78 bits per heavy atom. The van der Waals surface area contributed by atoms with Crippen LogP contribution in [0, 0.1) is 5.92 Å². The van der Waals surface area contributed by atoms with E-state index in [0.29, 0.717) is 36.0 Å². The summed E-state index contributed by atoms with van der Waals surface area (Å²) < 4.78 is 5.52. The maximum Gasteiger partial charge on any atom is 0.265 e. The zero-order valence-electron chi connectivity index (χ0n) is 18.6. The first kappa shape index (κ1) is 21.9. The first-order valence-electron chi connectivity index (χ1n) is 11.0. The van der Waals surface area contributed by atoms with Crippen molar-refractivity contribution in [3.8, 4) is 5.75 Å². The summed E-state index contributed by atoms with van der Waals surface area (Å²) in [5, 5.41) is 0. The maximum atomic E-state index is 13.2. The topological polar surface area (TPSA) is 70.2 Å². The summed E-state index contributed by atoms with van der Waals surface area (Å²) in [5.74, 6) is 0.545. The quantitative estimate of drug-likeness (QED) is 0.724. The van der Waals surface area contributed by atoms with Gasteiger partial charge in [-0.1, -0.05) is 30.3 Å². The average Bonchev–Trinajstić information content (AvgIpc) is 2.81. The van der Waals surface area contributed by atoms with E-state index in [1.54, 1.807) is 32.3 Å². The van der Waals surface area contributed by atoms with Crippen molar-refractivity contribution in [2.45, 2.75) is 19.3 Å². The van der Waals surface area contributed by atoms with Crippen LogP contribution in [-0.4, -0.2) is 67.9 Å². The van der Waals surface area contributed by atoms with Crippen molar-refractivity contribution in [2.24, 2.45) is 5.92 Å². The second-order valence-corrected chi connectivity index (χ2v) is 8.66. The van der Waals surface area contributed by atoms with Crippen LogP contribution in [0.1, 0.15) is 28.8 Å². The number of hydrogen-bond donors (Lipinski definition) is 0. The summed E-state index contributed by atoms with van der Waals surface area (Å²) in [5.41, 5.74) is 2.32. The summed E-state index contributed by atoms with van der Waals surface area (Å²) in [6.07, 6.45) is 2.98. The first-order chi connectivity index (χ1) is 15.4. The second-order valence-electron chi connectivity index (χ2n) is 8.66. The molecule has 2 heterocycles. The normalized spacial score (nSPS) is 16.4. The maximum absolute atomic E-state index is 13.2. The molecule has 7 heteroatoms. The van der Waals surface area contributed by atoms with Gasteiger partial charge in [-0.2, -0.15) is 0 Å². The van der Waals surface area contributed by atoms with E-state index in [0.717, 1.165) is 19.3 Å². The minimum atomic E-state index is -0.293. The lowest BCUT2D eigenvalue weighted by Crippen LogP contribution is -2.45. The van der Waals surface area contributed by atoms with Gasteiger partial charge in [0.1, 0.15) is 12.3 Å². The average molecular weight is 436 g/mol. The first-order valence-corrected chi connectivity index (χ1v) is 11.0. The number of anilines is 1. The molecule has 0 spiro atoms. The number of benzene rings is 2. The minimum absolute atomic E-state index is 0.0529. The summed E-state index contributed by atoms with van der Waals surface area (Å²) in [4.78, 5) is 42.5. The van der Waals surface area contributed by atoms with Crippen molar-refractivity contribution in [1.29, 1.82) is 0 Å². The molecule has 3 amide bonds. The fourth-order valence-corrected chi connectivity index (χ4v) is 4.26. The number of amides is 3. The molecule has 4 rings (SSSR count). The molecule has 0 aliphatic carbocycles. The highest BCUT2D eigenvalue weighted by Crippen LogP contribution is 2.34. The lowest BCUT2D eigenvalue weighted by molar-refractivity contribution is -0.130. The molecular formula is C25H29N3O4. The Balaban J connectivity index is 1.44. The number of likely N-dealkylation sites (N-methyl/N-ethyl adjacent to an activating group) is 1. The number of nitrogens with zero attached hydrogens (tertiary/aromatic N) is 3. The monoisotopic (exact) mass is 435 g/mol. The smallest absolute Gasteiger partial charge is 0.265 e. The Morgan fingerprint density at radius 3 is 2.47 bits per heavy atom. The van der Waals surface area contributed by atoms with Crippen LogP contribution in [0.4, 0.5) is 5.69 Å². The van der Waals surface area contributed by atoms with Crippen molar-refractivity contribution in [2.75, 3.05) is 45.2 Å². The van der Waals surface area contributed by atoms with E-state index in [1.807, 2.05) is 11.0 Å². The Morgan fingerprint density at radius 1 is 1.06 bits per heavy atom. The van der Waals surface area contributed by atoms with Crippen LogP contribution in [0.2, 0.25) is 0 Å². The molecular weight excluding hydrogens is 406 g/mol. The van der Waals surface area contributed by atoms with Gasteiger partial charge in [0.2, 0.25) is 5.91 Å². The van der Waals surface area contributed by atoms with Gasteiger partial charge in [-0.3, -0.25) is 19.3 Å². The molecule has 0 bridgehead atoms. The molecule has 2 aliphatic rings. The number of carbonyl (C=O) groups excluding carboxylic acids is 3. The molecule has 1 fully saturated rings. The molecule has 32 heavy (non-hydrogen) atoms. The molecule has 2 aliphatic heterocycles. The van der Waals surface area contributed by atoms with Crippen molar-refractivity contribution >= 4 is 23.4 Å². The van der Waals surface area contributed by atoms with E-state index in [1.165, 1.54) is 15.4 Å². The summed E-state index contributed by atoms with van der Waals surface area (Å²) in [6.45, 7) is 1.23. The number of likely N-dealkylation sites (tertiary alicyclic amines) is 1. The molecule has 0 saturated carbocycles. The van der Waals surface area contributed by atoms with Crippen molar-refractivity contribution in [3.05, 3.63) is 59.7 Å². The van der Waals surface area contributed by atoms with Crippen LogP contribution in [-0.2, 0) is 16.0 Å². The van der Waals surface area contributed by atoms with E-state index in [4.69, 9.17) is 4.74 Å². The molecule has 0 atom stereocenters. The van der Waals surface area contributed by atoms with Gasteiger partial charge >= 0.3 is 0 Å². The third kappa shape index (κ3) is 4.77. The van der Waals surface area contributed by atoms with Crippen molar-refractivity contribution < 1.29 is 19.1 Å². The number of piperidine rings is 1. The molecule has 1 saturated heterocycles. The Labute approximate surface area is 188 Å². The minimum Gasteiger partial charge on any atom is -0.482 e. The highest BCUT2D eigenvalue weighted by molar-refractivity contribution is 6.04. The van der Waals surface area contributed by atoms with Crippen LogP contribution >= 0.6 is 0 Å². The van der Waals surface area contributed by atoms with Crippen LogP contribution in [0.3, 0.4) is 0 Å². The third-order valence-corrected chi connectivity index (χ3v) is 6.21. The number of hydrogen-bond acceptors (Lipinski definition) is 4. The van der Waals surface area contributed by atoms with Crippen molar-refractivity contribution in [3.63, 3.8) is 0 Å². The lowest BCUT2D eigenvalue weighted by Gasteiger charge is -2.33. The zero-order chi connectivity index (χ0) is 22.7. The Bertz CT molecular complexity index is 998. The fraction of sp³-hybridized carbons (Fsp3) is 0.400. The predicted octanol–water partition coefficient (Wildman–Crippen LogP) is 2.60. The second kappa shape index (κ2) is 9.42. The van der Waals surface area contributed by atoms with Crippen LogP contribution in [0.15, 0.2) is 48.5 Å². The highest BCUT2D eigenvalue weighted by atomic mass is 16.5. The number of fused-ring (bicyclic) bond motifs is 1. The van der Waals surface area contributed by atoms with Gasteiger partial charge in [0.05, 0.1) is 5.69 Å². The lowest BCUT2D eigenvalue weighted by atomic mass is 9.90. The molecule has 0 radical (unpaired) electrons. The van der Waals surface area contributed by atoms with Gasteiger partial charge in [0, 0.05) is 32.7 Å². The SMILES string of the molecule is CN(C)C(=O)CN1C(=O)COc2ccc(C(=O)N3CCC(Cc4ccccc4)CC3)cc21. The summed E-state index contributed by atoms with van der Waals surface area (Å²) in [6, 6.07) is 15.6. The van der Waals surface area contributed by atoms with Crippen LogP contribution < -0.4 is 9.64 Å². The Hall–Kier alpha value is -3.35. The number of carbonyl (C=O) groups is 3. The van der Waals surface area contributed by atoms with Crippen LogP contribution in [0.25, 0.3) is 0 Å². The molecule has 2 aromatic rings. The van der Waals surface area contributed by atoms with E-state index >= 15 is 0 Å². The predicted molar refractivity (Wildman–Crippen MR) is 122 cm³/mol. The molecule has 7 nitrogen and oxygen atoms in total. The molecule has 0 aromatic heterocycles. The molecule has 168 valence electrons. The standard InChI is InChI=1S/C25H29N3O4/c1-26(2)23(29)16-28-21-15-20(8-9-22(21)32-17-24(28)30)25(31)27-12-10-19(11-13-27)14-18-6-4-3-5-7-18/h3-9,15,19H,10-14,16-17H2,1-2H3. The van der Waals surface area contributed by atoms with Gasteiger partial charge in [-0.05, 0) is 48.9 Å². The van der Waals surface area contributed by atoms with Gasteiger partial charge in [-0.25, -0.2) is 0 Å². The summed E-state index contributed by atoms with van der Waals surface area (Å²) >= 11 is 0. The highest BCUT2D eigenvalue weighted by Gasteiger charge is 2.30. The van der Waals surface area contributed by atoms with E-state index in [2.05, 4.69) is 24.3 Å². The Kier molecular flexibility index (Phi) is 6.44. The van der Waals surface area contributed by atoms with E-state index in [9.17, 15) is 14.4 Å². The fourth-order valence-electron chi connectivity index (χ4n) is 4.26. The zero-order valence-corrected chi connectivity index (χ0v) is 18.6. The number of rotatable bonds is 5. The molecule has 0 unspecified atom stereocenters. The third-order valence-electron chi connectivity index (χ3n) is 6.21. The largest absolute Gasteiger partial charge is 0.482 e. The van der Waals surface area contributed by atoms with Gasteiger partial charge < -0.3 is 14.5 Å². The van der Waals surface area contributed by atoms with Gasteiger partial charge in [-0.15, -0.1) is 0 Å². The number of ether oxygens (including phenoxy) is 1. The molecule has 0 N–H and O–H groups in total. The van der Waals surface area contributed by atoms with Gasteiger partial charge in [0.15, 0.2) is 6.61 Å². The van der Waals surface area contributed by atoms with Gasteiger partial charge in [0.25, 0.3) is 11.8 Å². The van der Waals surface area contributed by atoms with E-state index < -0.39 is 0 Å². The summed E-state index contributed by atoms with van der Waals surface area (Å²) in [7, 11) is 3.30.